The number of hydrogen-bond acceptors (Lipinski definition) is 4. The predicted octanol–water partition coefficient (Wildman–Crippen LogP) is 2.36. The summed E-state index contributed by atoms with van der Waals surface area (Å²) in [4.78, 5) is 2.51. The first-order chi connectivity index (χ1) is 9.26. The molecule has 19 heavy (non-hydrogen) atoms. The molecule has 4 heteroatoms. The van der Waals surface area contributed by atoms with Gasteiger partial charge in [-0.1, -0.05) is 0 Å². The van der Waals surface area contributed by atoms with Gasteiger partial charge < -0.3 is 13.9 Å². The largest absolute Gasteiger partial charge is 0.465 e. The molecular weight excluding hydrogens is 242 g/mol. The van der Waals surface area contributed by atoms with Gasteiger partial charge in [-0.2, -0.15) is 0 Å². The number of aryl methyl sites for hydroxylation is 1. The van der Waals surface area contributed by atoms with Gasteiger partial charge in [0.05, 0.1) is 25.4 Å². The lowest BCUT2D eigenvalue weighted by Gasteiger charge is -2.35. The van der Waals surface area contributed by atoms with Crippen LogP contribution in [0.25, 0.3) is 0 Å². The summed E-state index contributed by atoms with van der Waals surface area (Å²) in [5, 5.41) is 0. The van der Waals surface area contributed by atoms with E-state index >= 15 is 0 Å². The van der Waals surface area contributed by atoms with E-state index in [9.17, 15) is 0 Å². The summed E-state index contributed by atoms with van der Waals surface area (Å²) in [5.41, 5.74) is 0. The van der Waals surface area contributed by atoms with Gasteiger partial charge in [-0.25, -0.2) is 0 Å². The first-order valence-electron chi connectivity index (χ1n) is 7.20. The molecule has 0 aromatic carbocycles. The summed E-state index contributed by atoms with van der Waals surface area (Å²) in [6.45, 7) is 4.73. The predicted molar refractivity (Wildman–Crippen MR) is 72.0 cm³/mol. The van der Waals surface area contributed by atoms with Crippen LogP contribution in [0.2, 0.25) is 0 Å². The van der Waals surface area contributed by atoms with Crippen molar-refractivity contribution >= 4 is 0 Å². The number of furan rings is 1. The quantitative estimate of drug-likeness (QED) is 0.837. The molecule has 0 aliphatic carbocycles. The summed E-state index contributed by atoms with van der Waals surface area (Å²) in [5.74, 6) is 2.06. The van der Waals surface area contributed by atoms with Crippen LogP contribution in [-0.2, 0) is 16.0 Å². The highest BCUT2D eigenvalue weighted by Gasteiger charge is 2.39. The summed E-state index contributed by atoms with van der Waals surface area (Å²) in [6, 6.07) is 4.67. The third-order valence-corrected chi connectivity index (χ3v) is 4.26. The standard InChI is InChI=1S/C15H23NO3/c1-11-3-4-12(18-11)9-16-8-7-15-14(16)6-5-13(19-15)10-17-2/h3-4,13-15H,5-10H2,1-2H3/t13-,14-,15-/m0/s1. The normalized spacial score (nSPS) is 31.6. The fraction of sp³-hybridized carbons (Fsp3) is 0.733. The fourth-order valence-electron chi connectivity index (χ4n) is 3.36. The van der Waals surface area contributed by atoms with E-state index < -0.39 is 0 Å². The molecule has 0 bridgehead atoms. The highest BCUT2D eigenvalue weighted by Crippen LogP contribution is 2.32. The molecule has 3 rings (SSSR count). The van der Waals surface area contributed by atoms with Gasteiger partial charge in [-0.3, -0.25) is 4.90 Å². The lowest BCUT2D eigenvalue weighted by atomic mass is 9.99. The van der Waals surface area contributed by atoms with Crippen LogP contribution in [0.1, 0.15) is 30.8 Å². The van der Waals surface area contributed by atoms with Gasteiger partial charge >= 0.3 is 0 Å². The highest BCUT2D eigenvalue weighted by atomic mass is 16.5. The van der Waals surface area contributed by atoms with E-state index in [1.54, 1.807) is 7.11 Å². The van der Waals surface area contributed by atoms with Crippen molar-refractivity contribution in [1.29, 1.82) is 0 Å². The van der Waals surface area contributed by atoms with Crippen molar-refractivity contribution in [2.45, 2.75) is 51.0 Å². The van der Waals surface area contributed by atoms with Crippen molar-refractivity contribution in [3.8, 4) is 0 Å². The van der Waals surface area contributed by atoms with Crippen LogP contribution in [0, 0.1) is 6.92 Å². The first-order valence-corrected chi connectivity index (χ1v) is 7.20. The van der Waals surface area contributed by atoms with Crippen LogP contribution in [0.15, 0.2) is 16.5 Å². The summed E-state index contributed by atoms with van der Waals surface area (Å²) in [6.07, 6.45) is 4.10. The van der Waals surface area contributed by atoms with Crippen molar-refractivity contribution in [3.05, 3.63) is 23.7 Å². The van der Waals surface area contributed by atoms with Gasteiger partial charge in [0.15, 0.2) is 0 Å². The van der Waals surface area contributed by atoms with E-state index in [2.05, 4.69) is 11.0 Å². The molecule has 3 heterocycles. The number of likely N-dealkylation sites (tertiary alicyclic amines) is 1. The molecule has 2 aliphatic rings. The van der Waals surface area contributed by atoms with Crippen LogP contribution in [0.3, 0.4) is 0 Å². The van der Waals surface area contributed by atoms with Crippen molar-refractivity contribution in [2.75, 3.05) is 20.3 Å². The minimum atomic E-state index is 0.289. The third kappa shape index (κ3) is 2.86. The van der Waals surface area contributed by atoms with Crippen molar-refractivity contribution in [1.82, 2.24) is 4.90 Å². The molecule has 0 radical (unpaired) electrons. The zero-order chi connectivity index (χ0) is 13.2. The van der Waals surface area contributed by atoms with Gasteiger partial charge in [0.1, 0.15) is 11.5 Å². The smallest absolute Gasteiger partial charge is 0.118 e. The molecule has 2 aliphatic heterocycles. The maximum atomic E-state index is 6.13. The molecule has 1 aromatic heterocycles. The number of fused-ring (bicyclic) bond motifs is 1. The number of hydrogen-bond donors (Lipinski definition) is 0. The molecule has 4 nitrogen and oxygen atoms in total. The monoisotopic (exact) mass is 265 g/mol. The Bertz CT molecular complexity index is 417. The van der Waals surface area contributed by atoms with Gasteiger partial charge in [-0.05, 0) is 38.3 Å². The second-order valence-corrected chi connectivity index (χ2v) is 5.67. The molecule has 3 atom stereocenters. The van der Waals surface area contributed by atoms with Crippen LogP contribution in [-0.4, -0.2) is 43.4 Å². The van der Waals surface area contributed by atoms with Crippen LogP contribution < -0.4 is 0 Å². The zero-order valence-electron chi connectivity index (χ0n) is 11.8. The van der Waals surface area contributed by atoms with Gasteiger partial charge in [0, 0.05) is 19.7 Å². The molecule has 0 amide bonds. The molecule has 0 saturated carbocycles. The Morgan fingerprint density at radius 1 is 1.32 bits per heavy atom. The Balaban J connectivity index is 1.58. The first kappa shape index (κ1) is 13.2. The number of methoxy groups -OCH3 is 1. The Morgan fingerprint density at radius 2 is 2.21 bits per heavy atom. The van der Waals surface area contributed by atoms with E-state index in [0.717, 1.165) is 44.1 Å². The summed E-state index contributed by atoms with van der Waals surface area (Å²) < 4.78 is 17.0. The molecule has 0 unspecified atom stereocenters. The molecule has 0 spiro atoms. The van der Waals surface area contributed by atoms with E-state index in [1.165, 1.54) is 6.42 Å². The Morgan fingerprint density at radius 3 is 2.95 bits per heavy atom. The maximum absolute atomic E-state index is 6.13. The van der Waals surface area contributed by atoms with E-state index in [4.69, 9.17) is 13.9 Å². The summed E-state index contributed by atoms with van der Waals surface area (Å²) >= 11 is 0. The van der Waals surface area contributed by atoms with E-state index in [1.807, 2.05) is 13.0 Å². The lowest BCUT2D eigenvalue weighted by Crippen LogP contribution is -2.43. The van der Waals surface area contributed by atoms with Gasteiger partial charge in [0.25, 0.3) is 0 Å². The van der Waals surface area contributed by atoms with Crippen LogP contribution >= 0.6 is 0 Å². The highest BCUT2D eigenvalue weighted by molar-refractivity contribution is 5.06. The second kappa shape index (κ2) is 5.65. The molecule has 2 fully saturated rings. The molecule has 0 N–H and O–H groups in total. The zero-order valence-corrected chi connectivity index (χ0v) is 11.8. The minimum absolute atomic E-state index is 0.289. The summed E-state index contributed by atoms with van der Waals surface area (Å²) in [7, 11) is 1.75. The fourth-order valence-corrected chi connectivity index (χ4v) is 3.36. The average molecular weight is 265 g/mol. The van der Waals surface area contributed by atoms with Gasteiger partial charge in [-0.15, -0.1) is 0 Å². The minimum Gasteiger partial charge on any atom is -0.465 e. The molecular formula is C15H23NO3. The molecule has 106 valence electrons. The maximum Gasteiger partial charge on any atom is 0.118 e. The molecule has 1 aromatic rings. The van der Waals surface area contributed by atoms with Crippen molar-refractivity contribution in [3.63, 3.8) is 0 Å². The van der Waals surface area contributed by atoms with Crippen LogP contribution in [0.5, 0.6) is 0 Å². The number of rotatable bonds is 4. The van der Waals surface area contributed by atoms with Crippen LogP contribution in [0.4, 0.5) is 0 Å². The number of ether oxygens (including phenoxy) is 2. The molecule has 2 saturated heterocycles. The Hall–Kier alpha value is -0.840. The lowest BCUT2D eigenvalue weighted by molar-refractivity contribution is -0.0942. The number of nitrogens with zero attached hydrogens (tertiary/aromatic N) is 1. The average Bonchev–Trinajstić information content (AvgIpc) is 2.97. The van der Waals surface area contributed by atoms with Crippen molar-refractivity contribution in [2.24, 2.45) is 0 Å². The van der Waals surface area contributed by atoms with Crippen molar-refractivity contribution < 1.29 is 13.9 Å². The van der Waals surface area contributed by atoms with Gasteiger partial charge in [0.2, 0.25) is 0 Å². The Labute approximate surface area is 114 Å². The van der Waals surface area contributed by atoms with E-state index in [0.29, 0.717) is 12.1 Å². The third-order valence-electron chi connectivity index (χ3n) is 4.26. The second-order valence-electron chi connectivity index (χ2n) is 5.67. The SMILES string of the molecule is COC[C@@H]1CC[C@H]2[C@H](CCN2Cc2ccc(C)o2)O1. The Kier molecular flexibility index (Phi) is 3.91. The van der Waals surface area contributed by atoms with E-state index in [-0.39, 0.29) is 6.10 Å². The topological polar surface area (TPSA) is 34.8 Å².